The zero-order valence-electron chi connectivity index (χ0n) is 20.9. The Labute approximate surface area is 207 Å². The van der Waals surface area contributed by atoms with Gasteiger partial charge >= 0.3 is 6.03 Å². The quantitative estimate of drug-likeness (QED) is 0.419. The van der Waals surface area contributed by atoms with E-state index in [9.17, 15) is 24.0 Å². The third kappa shape index (κ3) is 7.25. The number of ether oxygens (including phenoxy) is 1. The minimum atomic E-state index is -1.12. The molecule has 2 aliphatic carbocycles. The Morgan fingerprint density at radius 1 is 1.06 bits per heavy atom. The van der Waals surface area contributed by atoms with Crippen LogP contribution < -0.4 is 16.0 Å². The van der Waals surface area contributed by atoms with Gasteiger partial charge < -0.3 is 25.6 Å². The Morgan fingerprint density at radius 3 is 2.43 bits per heavy atom. The van der Waals surface area contributed by atoms with Crippen molar-refractivity contribution in [3.05, 3.63) is 0 Å². The SMILES string of the molecule is CCCCC(NC(=O)C1(NC(=O)N2CCOCC2)CCCCC1)C(=O)C(=O)NC1CCCCC1=O. The number of carbonyl (C=O) groups is 5. The Hall–Kier alpha value is -2.49. The molecule has 2 atom stereocenters. The molecule has 0 radical (unpaired) electrons. The molecule has 0 aromatic heterocycles. The molecular formula is C25H40N4O6. The first-order valence-corrected chi connectivity index (χ1v) is 13.2. The lowest BCUT2D eigenvalue weighted by molar-refractivity contribution is -0.142. The lowest BCUT2D eigenvalue weighted by Crippen LogP contribution is -2.64. The van der Waals surface area contributed by atoms with Gasteiger partial charge in [0.25, 0.3) is 5.91 Å². The van der Waals surface area contributed by atoms with Crippen molar-refractivity contribution in [3.8, 4) is 0 Å². The predicted octanol–water partition coefficient (Wildman–Crippen LogP) is 1.60. The second kappa shape index (κ2) is 13.0. The highest BCUT2D eigenvalue weighted by molar-refractivity contribution is 6.38. The smallest absolute Gasteiger partial charge is 0.318 e. The van der Waals surface area contributed by atoms with Crippen LogP contribution >= 0.6 is 0 Å². The van der Waals surface area contributed by atoms with Crippen molar-refractivity contribution < 1.29 is 28.7 Å². The van der Waals surface area contributed by atoms with Crippen molar-refractivity contribution in [2.24, 2.45) is 0 Å². The fourth-order valence-electron chi connectivity index (χ4n) is 5.11. The lowest BCUT2D eigenvalue weighted by Gasteiger charge is -2.39. The number of nitrogens with one attached hydrogen (secondary N) is 3. The summed E-state index contributed by atoms with van der Waals surface area (Å²) in [6.07, 6.45) is 7.82. The van der Waals surface area contributed by atoms with Crippen molar-refractivity contribution in [1.29, 1.82) is 0 Å². The molecule has 0 aromatic rings. The molecule has 1 saturated heterocycles. The first kappa shape index (κ1) is 27.1. The standard InChI is InChI=1S/C25H40N4O6/c1-2-3-9-19(21(31)22(32)26-18-10-5-6-11-20(18)30)27-23(33)25(12-7-4-8-13-25)28-24(34)29-14-16-35-17-15-29/h18-19H,2-17H2,1H3,(H,26,32)(H,27,33)(H,28,34). The number of nitrogens with zero attached hydrogens (tertiary/aromatic N) is 1. The molecule has 10 heteroatoms. The average Bonchev–Trinajstić information content (AvgIpc) is 2.88. The highest BCUT2D eigenvalue weighted by Crippen LogP contribution is 2.29. The van der Waals surface area contributed by atoms with Crippen molar-refractivity contribution in [1.82, 2.24) is 20.9 Å². The lowest BCUT2D eigenvalue weighted by atomic mass is 9.80. The molecule has 2 saturated carbocycles. The van der Waals surface area contributed by atoms with E-state index in [4.69, 9.17) is 4.74 Å². The number of hydrogen-bond donors (Lipinski definition) is 3. The molecule has 1 aliphatic heterocycles. The summed E-state index contributed by atoms with van der Waals surface area (Å²) in [5, 5.41) is 8.36. The molecule has 3 aliphatic rings. The number of carbonyl (C=O) groups excluding carboxylic acids is 5. The van der Waals surface area contributed by atoms with E-state index in [1.165, 1.54) is 0 Å². The van der Waals surface area contributed by atoms with Gasteiger partial charge in [-0.15, -0.1) is 0 Å². The van der Waals surface area contributed by atoms with Crippen LogP contribution in [0.5, 0.6) is 0 Å². The molecular weight excluding hydrogens is 452 g/mol. The van der Waals surface area contributed by atoms with Gasteiger partial charge in [0.15, 0.2) is 5.78 Å². The summed E-state index contributed by atoms with van der Waals surface area (Å²) >= 11 is 0. The van der Waals surface area contributed by atoms with E-state index in [2.05, 4.69) is 16.0 Å². The second-order valence-corrected chi connectivity index (χ2v) is 9.94. The first-order valence-electron chi connectivity index (χ1n) is 13.2. The second-order valence-electron chi connectivity index (χ2n) is 9.94. The molecule has 0 spiro atoms. The average molecular weight is 493 g/mol. The fraction of sp³-hybridized carbons (Fsp3) is 0.800. The number of unbranched alkanes of at least 4 members (excludes halogenated alkanes) is 1. The van der Waals surface area contributed by atoms with Gasteiger partial charge in [0.2, 0.25) is 11.7 Å². The number of morpholine rings is 1. The maximum absolute atomic E-state index is 13.6. The molecule has 2 unspecified atom stereocenters. The molecule has 35 heavy (non-hydrogen) atoms. The van der Waals surface area contributed by atoms with E-state index in [0.717, 1.165) is 38.5 Å². The van der Waals surface area contributed by atoms with Gasteiger partial charge in [-0.05, 0) is 32.1 Å². The van der Waals surface area contributed by atoms with Crippen molar-refractivity contribution in [2.45, 2.75) is 102 Å². The zero-order chi connectivity index (χ0) is 25.3. The highest BCUT2D eigenvalue weighted by atomic mass is 16.5. The Kier molecular flexibility index (Phi) is 10.1. The predicted molar refractivity (Wildman–Crippen MR) is 129 cm³/mol. The molecule has 0 aromatic carbocycles. The van der Waals surface area contributed by atoms with Crippen molar-refractivity contribution in [3.63, 3.8) is 0 Å². The fourth-order valence-corrected chi connectivity index (χ4v) is 5.11. The minimum Gasteiger partial charge on any atom is -0.378 e. The van der Waals surface area contributed by atoms with Gasteiger partial charge in [-0.2, -0.15) is 0 Å². The number of ketones is 2. The maximum atomic E-state index is 13.6. The Balaban J connectivity index is 1.69. The summed E-state index contributed by atoms with van der Waals surface area (Å²) < 4.78 is 5.31. The zero-order valence-corrected chi connectivity index (χ0v) is 20.9. The van der Waals surface area contributed by atoms with Crippen LogP contribution in [0.3, 0.4) is 0 Å². The van der Waals surface area contributed by atoms with Crippen LogP contribution in [0.15, 0.2) is 0 Å². The first-order chi connectivity index (χ1) is 16.9. The van der Waals surface area contributed by atoms with Crippen LogP contribution in [-0.4, -0.2) is 78.2 Å². The van der Waals surface area contributed by atoms with Crippen LogP contribution in [-0.2, 0) is 23.9 Å². The molecule has 0 bridgehead atoms. The van der Waals surface area contributed by atoms with Gasteiger partial charge in [-0.1, -0.05) is 45.4 Å². The molecule has 1 heterocycles. The topological polar surface area (TPSA) is 134 Å². The van der Waals surface area contributed by atoms with Crippen molar-refractivity contribution >= 4 is 29.4 Å². The molecule has 3 N–H and O–H groups in total. The van der Waals surface area contributed by atoms with Gasteiger partial charge in [-0.25, -0.2) is 4.79 Å². The van der Waals surface area contributed by atoms with Gasteiger partial charge in [-0.3, -0.25) is 19.2 Å². The summed E-state index contributed by atoms with van der Waals surface area (Å²) in [6, 6.07) is -1.95. The van der Waals surface area contributed by atoms with Gasteiger partial charge in [0.1, 0.15) is 5.54 Å². The third-order valence-electron chi connectivity index (χ3n) is 7.34. The Morgan fingerprint density at radius 2 is 1.77 bits per heavy atom. The van der Waals surface area contributed by atoms with Crippen LogP contribution in [0.2, 0.25) is 0 Å². The molecule has 4 amide bonds. The monoisotopic (exact) mass is 492 g/mol. The minimum absolute atomic E-state index is 0.0569. The maximum Gasteiger partial charge on any atom is 0.318 e. The van der Waals surface area contributed by atoms with Crippen LogP contribution in [0.25, 0.3) is 0 Å². The van der Waals surface area contributed by atoms with E-state index in [-0.39, 0.29) is 11.8 Å². The van der Waals surface area contributed by atoms with Gasteiger partial charge in [0, 0.05) is 19.5 Å². The number of Topliss-reactive ketones (excluding diaryl/α,β-unsaturated/α-hetero) is 2. The molecule has 196 valence electrons. The van der Waals surface area contributed by atoms with Crippen LogP contribution in [0, 0.1) is 0 Å². The summed E-state index contributed by atoms with van der Waals surface area (Å²) in [7, 11) is 0. The Bertz CT molecular complexity index is 789. The van der Waals surface area contributed by atoms with Crippen LogP contribution in [0.4, 0.5) is 4.79 Å². The van der Waals surface area contributed by atoms with Gasteiger partial charge in [0.05, 0.1) is 25.3 Å². The normalized spacial score (nSPS) is 23.2. The van der Waals surface area contributed by atoms with E-state index in [0.29, 0.717) is 64.8 Å². The van der Waals surface area contributed by atoms with E-state index in [1.54, 1.807) is 4.90 Å². The number of hydrogen-bond acceptors (Lipinski definition) is 6. The van der Waals surface area contributed by atoms with E-state index in [1.807, 2.05) is 6.92 Å². The summed E-state index contributed by atoms with van der Waals surface area (Å²) in [6.45, 7) is 3.80. The summed E-state index contributed by atoms with van der Waals surface area (Å²) in [5.74, 6) is -2.05. The summed E-state index contributed by atoms with van der Waals surface area (Å²) in [4.78, 5) is 66.1. The largest absolute Gasteiger partial charge is 0.378 e. The summed E-state index contributed by atoms with van der Waals surface area (Å²) in [5.41, 5.74) is -1.12. The number of rotatable bonds is 9. The van der Waals surface area contributed by atoms with Crippen molar-refractivity contribution in [2.75, 3.05) is 26.3 Å². The molecule has 3 rings (SSSR count). The van der Waals surface area contributed by atoms with Crippen LogP contribution in [0.1, 0.15) is 84.0 Å². The molecule has 10 nitrogen and oxygen atoms in total. The molecule has 3 fully saturated rings. The number of amides is 4. The highest BCUT2D eigenvalue weighted by Gasteiger charge is 2.43. The third-order valence-corrected chi connectivity index (χ3v) is 7.34. The number of urea groups is 1. The van der Waals surface area contributed by atoms with E-state index < -0.39 is 35.2 Å². The van der Waals surface area contributed by atoms with E-state index >= 15 is 0 Å².